The minimum absolute atomic E-state index is 0.181. The Morgan fingerprint density at radius 1 is 1.56 bits per heavy atom. The van der Waals surface area contributed by atoms with Gasteiger partial charge in [0.2, 0.25) is 0 Å². The molecule has 88 valence electrons. The average molecular weight is 222 g/mol. The van der Waals surface area contributed by atoms with E-state index in [9.17, 15) is 4.79 Å². The van der Waals surface area contributed by atoms with Gasteiger partial charge in [-0.05, 0) is 18.6 Å². The molecule has 5 heteroatoms. The molecule has 1 unspecified atom stereocenters. The van der Waals surface area contributed by atoms with Crippen molar-refractivity contribution < 1.29 is 4.79 Å². The van der Waals surface area contributed by atoms with Gasteiger partial charge in [0, 0.05) is 12.6 Å². The number of amides is 1. The highest BCUT2D eigenvalue weighted by atomic mass is 16.1. The van der Waals surface area contributed by atoms with E-state index in [1.54, 1.807) is 18.2 Å². The monoisotopic (exact) mass is 222 g/mol. The van der Waals surface area contributed by atoms with E-state index in [0.717, 1.165) is 12.8 Å². The fraction of sp³-hybridized carbons (Fsp3) is 0.455. The van der Waals surface area contributed by atoms with E-state index in [2.05, 4.69) is 17.2 Å². The zero-order valence-corrected chi connectivity index (χ0v) is 9.44. The largest absolute Gasteiger partial charge is 0.366 e. The fourth-order valence-corrected chi connectivity index (χ4v) is 1.46. The second-order valence-electron chi connectivity index (χ2n) is 3.64. The van der Waals surface area contributed by atoms with Crippen molar-refractivity contribution in [2.24, 2.45) is 11.5 Å². The molecule has 0 saturated heterocycles. The number of nitrogens with one attached hydrogen (secondary N) is 1. The van der Waals surface area contributed by atoms with Gasteiger partial charge in [0.25, 0.3) is 5.91 Å². The van der Waals surface area contributed by atoms with E-state index in [1.807, 2.05) is 0 Å². The maximum atomic E-state index is 10.9. The van der Waals surface area contributed by atoms with E-state index < -0.39 is 5.91 Å². The molecule has 5 N–H and O–H groups in total. The van der Waals surface area contributed by atoms with Crippen LogP contribution in [0.5, 0.6) is 0 Å². The van der Waals surface area contributed by atoms with Crippen molar-refractivity contribution in [2.45, 2.75) is 25.8 Å². The highest BCUT2D eigenvalue weighted by Gasteiger charge is 2.07. The lowest BCUT2D eigenvalue weighted by atomic mass is 10.1. The molecule has 1 aromatic heterocycles. The predicted molar refractivity (Wildman–Crippen MR) is 64.1 cm³/mol. The molecule has 1 heterocycles. The van der Waals surface area contributed by atoms with Crippen molar-refractivity contribution in [1.29, 1.82) is 0 Å². The third-order valence-electron chi connectivity index (χ3n) is 2.28. The molecule has 1 atom stereocenters. The Labute approximate surface area is 95.2 Å². The van der Waals surface area contributed by atoms with Gasteiger partial charge in [-0.3, -0.25) is 4.79 Å². The molecular formula is C11H18N4O. The van der Waals surface area contributed by atoms with Gasteiger partial charge in [-0.2, -0.15) is 0 Å². The third kappa shape index (κ3) is 3.51. The molecule has 0 saturated carbocycles. The van der Waals surface area contributed by atoms with Crippen LogP contribution in [0.3, 0.4) is 0 Å². The summed E-state index contributed by atoms with van der Waals surface area (Å²) in [5, 5.41) is 3.18. The van der Waals surface area contributed by atoms with Crippen LogP contribution < -0.4 is 16.8 Å². The summed E-state index contributed by atoms with van der Waals surface area (Å²) in [6.07, 6.45) is 2.02. The Morgan fingerprint density at radius 2 is 2.31 bits per heavy atom. The van der Waals surface area contributed by atoms with E-state index in [-0.39, 0.29) is 11.7 Å². The van der Waals surface area contributed by atoms with Crippen LogP contribution in [-0.2, 0) is 0 Å². The smallest absolute Gasteiger partial charge is 0.267 e. The first-order valence-electron chi connectivity index (χ1n) is 5.40. The number of nitrogens with zero attached hydrogens (tertiary/aromatic N) is 1. The summed E-state index contributed by atoms with van der Waals surface area (Å²) < 4.78 is 0. The number of rotatable bonds is 6. The molecule has 5 nitrogen and oxygen atoms in total. The predicted octanol–water partition coefficient (Wildman–Crippen LogP) is 0.720. The van der Waals surface area contributed by atoms with Gasteiger partial charge < -0.3 is 16.8 Å². The average Bonchev–Trinajstić information content (AvgIpc) is 2.29. The van der Waals surface area contributed by atoms with Gasteiger partial charge in [0.15, 0.2) is 0 Å². The van der Waals surface area contributed by atoms with Gasteiger partial charge in [-0.1, -0.05) is 19.4 Å². The number of anilines is 1. The molecule has 0 aliphatic carbocycles. The quantitative estimate of drug-likeness (QED) is 0.661. The standard InChI is InChI=1S/C11H18N4O/c1-2-4-8(7-12)14-10-6-3-5-9(15-10)11(13)16/h3,5-6,8H,2,4,7,12H2,1H3,(H2,13,16)(H,14,15). The van der Waals surface area contributed by atoms with Gasteiger partial charge in [0.05, 0.1) is 0 Å². The first-order chi connectivity index (χ1) is 7.67. The van der Waals surface area contributed by atoms with E-state index in [4.69, 9.17) is 11.5 Å². The number of carbonyl (C=O) groups excluding carboxylic acids is 1. The summed E-state index contributed by atoms with van der Waals surface area (Å²) >= 11 is 0. The number of carbonyl (C=O) groups is 1. The summed E-state index contributed by atoms with van der Waals surface area (Å²) in [5.74, 6) is 0.114. The maximum Gasteiger partial charge on any atom is 0.267 e. The van der Waals surface area contributed by atoms with Gasteiger partial charge >= 0.3 is 0 Å². The second kappa shape index (κ2) is 6.07. The van der Waals surface area contributed by atoms with Crippen LogP contribution in [0.1, 0.15) is 30.3 Å². The molecular weight excluding hydrogens is 204 g/mol. The van der Waals surface area contributed by atoms with Crippen molar-refractivity contribution in [1.82, 2.24) is 4.98 Å². The molecule has 0 aliphatic rings. The molecule has 0 aliphatic heterocycles. The Balaban J connectivity index is 2.72. The summed E-state index contributed by atoms with van der Waals surface area (Å²) in [4.78, 5) is 15.0. The van der Waals surface area contributed by atoms with Crippen LogP contribution >= 0.6 is 0 Å². The van der Waals surface area contributed by atoms with Crippen molar-refractivity contribution in [3.63, 3.8) is 0 Å². The molecule has 0 aromatic carbocycles. The first-order valence-corrected chi connectivity index (χ1v) is 5.40. The summed E-state index contributed by atoms with van der Waals surface area (Å²) in [6.45, 7) is 2.63. The summed E-state index contributed by atoms with van der Waals surface area (Å²) in [5.41, 5.74) is 11.0. The topological polar surface area (TPSA) is 94.0 Å². The highest BCUT2D eigenvalue weighted by molar-refractivity contribution is 5.91. The van der Waals surface area contributed by atoms with E-state index >= 15 is 0 Å². The van der Waals surface area contributed by atoms with Crippen molar-refractivity contribution in [3.8, 4) is 0 Å². The lowest BCUT2D eigenvalue weighted by molar-refractivity contribution is 0.0995. The van der Waals surface area contributed by atoms with Crippen LogP contribution in [0, 0.1) is 0 Å². The van der Waals surface area contributed by atoms with Crippen LogP contribution in [0.25, 0.3) is 0 Å². The number of hydrogen-bond acceptors (Lipinski definition) is 4. The maximum absolute atomic E-state index is 10.9. The van der Waals surface area contributed by atoms with Gasteiger partial charge in [-0.15, -0.1) is 0 Å². The van der Waals surface area contributed by atoms with Crippen molar-refractivity contribution in [2.75, 3.05) is 11.9 Å². The molecule has 0 bridgehead atoms. The SMILES string of the molecule is CCCC(CN)Nc1cccc(C(N)=O)n1. The van der Waals surface area contributed by atoms with Crippen LogP contribution in [0.15, 0.2) is 18.2 Å². The molecule has 1 aromatic rings. The first kappa shape index (κ1) is 12.4. The van der Waals surface area contributed by atoms with Gasteiger partial charge in [-0.25, -0.2) is 4.98 Å². The number of pyridine rings is 1. The molecule has 1 amide bonds. The molecule has 0 radical (unpaired) electrons. The van der Waals surface area contributed by atoms with Crippen LogP contribution in [0.2, 0.25) is 0 Å². The van der Waals surface area contributed by atoms with Crippen LogP contribution in [0.4, 0.5) is 5.82 Å². The normalized spacial score (nSPS) is 12.1. The molecule has 0 spiro atoms. The zero-order valence-electron chi connectivity index (χ0n) is 9.44. The minimum atomic E-state index is -0.525. The van der Waals surface area contributed by atoms with Crippen molar-refractivity contribution >= 4 is 11.7 Å². The molecule has 1 rings (SSSR count). The Morgan fingerprint density at radius 3 is 2.88 bits per heavy atom. The third-order valence-corrected chi connectivity index (χ3v) is 2.28. The van der Waals surface area contributed by atoms with E-state index in [1.165, 1.54) is 0 Å². The van der Waals surface area contributed by atoms with Crippen LogP contribution in [-0.4, -0.2) is 23.5 Å². The lowest BCUT2D eigenvalue weighted by Crippen LogP contribution is -2.29. The zero-order chi connectivity index (χ0) is 12.0. The number of aromatic nitrogens is 1. The Kier molecular flexibility index (Phi) is 4.72. The Bertz CT molecular complexity index is 354. The number of primary amides is 1. The second-order valence-corrected chi connectivity index (χ2v) is 3.64. The Hall–Kier alpha value is -1.62. The molecule has 16 heavy (non-hydrogen) atoms. The van der Waals surface area contributed by atoms with Crippen molar-refractivity contribution in [3.05, 3.63) is 23.9 Å². The molecule has 0 fully saturated rings. The lowest BCUT2D eigenvalue weighted by Gasteiger charge is -2.16. The summed E-state index contributed by atoms with van der Waals surface area (Å²) in [7, 11) is 0. The van der Waals surface area contributed by atoms with Gasteiger partial charge in [0.1, 0.15) is 11.5 Å². The minimum Gasteiger partial charge on any atom is -0.366 e. The van der Waals surface area contributed by atoms with E-state index in [0.29, 0.717) is 12.4 Å². The number of hydrogen-bond donors (Lipinski definition) is 3. The highest BCUT2D eigenvalue weighted by Crippen LogP contribution is 2.08. The fourth-order valence-electron chi connectivity index (χ4n) is 1.46. The number of nitrogens with two attached hydrogens (primary N) is 2. The summed E-state index contributed by atoms with van der Waals surface area (Å²) in [6, 6.07) is 5.31.